The molecule has 0 aliphatic heterocycles. The summed E-state index contributed by atoms with van der Waals surface area (Å²) in [4.78, 5) is 23.4. The minimum absolute atomic E-state index is 0.107. The van der Waals surface area contributed by atoms with E-state index in [1.807, 2.05) is 13.0 Å². The van der Waals surface area contributed by atoms with Crippen molar-refractivity contribution in [3.8, 4) is 5.75 Å². The Morgan fingerprint density at radius 2 is 1.95 bits per heavy atom. The van der Waals surface area contributed by atoms with Gasteiger partial charge in [0.15, 0.2) is 0 Å². The highest BCUT2D eigenvalue weighted by molar-refractivity contribution is 9.10. The highest BCUT2D eigenvalue weighted by Gasteiger charge is 2.16. The molecule has 0 spiro atoms. The third kappa shape index (κ3) is 3.46. The first-order valence-corrected chi connectivity index (χ1v) is 7.20. The summed E-state index contributed by atoms with van der Waals surface area (Å²) in [5.41, 5.74) is 1.70. The SMILES string of the molecule is COc1c(C)cc(Br)cc1C(=O)Nc1cccc(C(=O)O)c1. The summed E-state index contributed by atoms with van der Waals surface area (Å²) in [5, 5.41) is 11.7. The molecule has 114 valence electrons. The molecule has 0 aromatic heterocycles. The largest absolute Gasteiger partial charge is 0.496 e. The van der Waals surface area contributed by atoms with Gasteiger partial charge in [-0.1, -0.05) is 22.0 Å². The number of hydrogen-bond acceptors (Lipinski definition) is 3. The maximum absolute atomic E-state index is 12.4. The molecular weight excluding hydrogens is 350 g/mol. The Labute approximate surface area is 136 Å². The molecule has 0 fully saturated rings. The molecule has 2 rings (SSSR count). The molecule has 5 nitrogen and oxygen atoms in total. The number of carboxylic acid groups (broad SMARTS) is 1. The minimum Gasteiger partial charge on any atom is -0.496 e. The Kier molecular flexibility index (Phi) is 4.82. The van der Waals surface area contributed by atoms with E-state index in [4.69, 9.17) is 9.84 Å². The Morgan fingerprint density at radius 1 is 1.23 bits per heavy atom. The van der Waals surface area contributed by atoms with Crippen molar-refractivity contribution < 1.29 is 19.4 Å². The lowest BCUT2D eigenvalue weighted by Gasteiger charge is -2.12. The molecule has 22 heavy (non-hydrogen) atoms. The highest BCUT2D eigenvalue weighted by Crippen LogP contribution is 2.28. The van der Waals surface area contributed by atoms with Gasteiger partial charge in [-0.05, 0) is 42.8 Å². The number of carbonyl (C=O) groups excluding carboxylic acids is 1. The average molecular weight is 364 g/mol. The number of aryl methyl sites for hydroxylation is 1. The lowest BCUT2D eigenvalue weighted by Crippen LogP contribution is -2.14. The Morgan fingerprint density at radius 3 is 2.59 bits per heavy atom. The second-order valence-corrected chi connectivity index (χ2v) is 5.56. The van der Waals surface area contributed by atoms with Crippen molar-refractivity contribution in [2.45, 2.75) is 6.92 Å². The monoisotopic (exact) mass is 363 g/mol. The van der Waals surface area contributed by atoms with Crippen LogP contribution in [-0.2, 0) is 0 Å². The standard InChI is InChI=1S/C16H14BrNO4/c1-9-6-11(17)8-13(14(9)22-2)15(19)18-12-5-3-4-10(7-12)16(20)21/h3-8H,1-2H3,(H,18,19)(H,20,21). The van der Waals surface area contributed by atoms with Crippen molar-refractivity contribution in [1.29, 1.82) is 0 Å². The van der Waals surface area contributed by atoms with E-state index in [9.17, 15) is 9.59 Å². The number of hydrogen-bond donors (Lipinski definition) is 2. The van der Waals surface area contributed by atoms with Crippen LogP contribution in [0.1, 0.15) is 26.3 Å². The molecule has 0 saturated heterocycles. The van der Waals surface area contributed by atoms with Crippen LogP contribution in [0.4, 0.5) is 5.69 Å². The van der Waals surface area contributed by atoms with Crippen LogP contribution in [-0.4, -0.2) is 24.1 Å². The predicted molar refractivity (Wildman–Crippen MR) is 86.8 cm³/mol. The summed E-state index contributed by atoms with van der Waals surface area (Å²) < 4.78 is 6.04. The third-order valence-electron chi connectivity index (χ3n) is 3.06. The average Bonchev–Trinajstić information content (AvgIpc) is 2.46. The fourth-order valence-electron chi connectivity index (χ4n) is 2.10. The molecule has 0 aliphatic rings. The second-order valence-electron chi connectivity index (χ2n) is 4.64. The van der Waals surface area contributed by atoms with Crippen molar-refractivity contribution in [3.05, 3.63) is 57.6 Å². The maximum atomic E-state index is 12.4. The van der Waals surface area contributed by atoms with Gasteiger partial charge < -0.3 is 15.2 Å². The van der Waals surface area contributed by atoms with Crippen molar-refractivity contribution >= 4 is 33.5 Å². The van der Waals surface area contributed by atoms with E-state index >= 15 is 0 Å². The maximum Gasteiger partial charge on any atom is 0.335 e. The van der Waals surface area contributed by atoms with E-state index in [-0.39, 0.29) is 11.5 Å². The number of carbonyl (C=O) groups is 2. The summed E-state index contributed by atoms with van der Waals surface area (Å²) in [6, 6.07) is 9.56. The first-order chi connectivity index (χ1) is 10.4. The zero-order valence-electron chi connectivity index (χ0n) is 12.0. The molecule has 2 aromatic carbocycles. The first kappa shape index (κ1) is 16.0. The molecule has 6 heteroatoms. The third-order valence-corrected chi connectivity index (χ3v) is 3.51. The van der Waals surface area contributed by atoms with Crippen LogP contribution in [0, 0.1) is 6.92 Å². The van der Waals surface area contributed by atoms with Gasteiger partial charge in [0, 0.05) is 10.2 Å². The van der Waals surface area contributed by atoms with Gasteiger partial charge in [-0.15, -0.1) is 0 Å². The Bertz CT molecular complexity index is 743. The number of halogens is 1. The van der Waals surface area contributed by atoms with E-state index in [1.165, 1.54) is 19.2 Å². The highest BCUT2D eigenvalue weighted by atomic mass is 79.9. The number of aromatic carboxylic acids is 1. The summed E-state index contributed by atoms with van der Waals surface area (Å²) in [6.07, 6.45) is 0. The fourth-order valence-corrected chi connectivity index (χ4v) is 2.67. The van der Waals surface area contributed by atoms with Crippen LogP contribution < -0.4 is 10.1 Å². The van der Waals surface area contributed by atoms with Crippen molar-refractivity contribution in [2.75, 3.05) is 12.4 Å². The number of rotatable bonds is 4. The molecule has 0 bridgehead atoms. The van der Waals surface area contributed by atoms with Crippen molar-refractivity contribution in [2.24, 2.45) is 0 Å². The van der Waals surface area contributed by atoms with Gasteiger partial charge >= 0.3 is 5.97 Å². The number of methoxy groups -OCH3 is 1. The first-order valence-electron chi connectivity index (χ1n) is 6.41. The normalized spacial score (nSPS) is 10.1. The van der Waals surface area contributed by atoms with Crippen LogP contribution in [0.2, 0.25) is 0 Å². The topological polar surface area (TPSA) is 75.6 Å². The lowest BCUT2D eigenvalue weighted by molar-refractivity contribution is 0.0696. The van der Waals surface area contributed by atoms with E-state index in [0.29, 0.717) is 17.0 Å². The van der Waals surface area contributed by atoms with E-state index < -0.39 is 5.97 Å². The summed E-state index contributed by atoms with van der Waals surface area (Å²) in [5.74, 6) is -0.939. The molecule has 0 aliphatic carbocycles. The lowest BCUT2D eigenvalue weighted by atomic mass is 10.1. The van der Waals surface area contributed by atoms with Gasteiger partial charge in [0.05, 0.1) is 18.2 Å². The number of anilines is 1. The molecule has 0 atom stereocenters. The number of ether oxygens (including phenoxy) is 1. The predicted octanol–water partition coefficient (Wildman–Crippen LogP) is 3.72. The number of amides is 1. The van der Waals surface area contributed by atoms with E-state index in [2.05, 4.69) is 21.2 Å². The molecule has 0 heterocycles. The number of benzene rings is 2. The van der Waals surface area contributed by atoms with E-state index in [0.717, 1.165) is 10.0 Å². The van der Waals surface area contributed by atoms with Gasteiger partial charge in [-0.3, -0.25) is 4.79 Å². The van der Waals surface area contributed by atoms with Crippen LogP contribution >= 0.6 is 15.9 Å². The molecule has 0 saturated carbocycles. The zero-order chi connectivity index (χ0) is 16.3. The summed E-state index contributed by atoms with van der Waals surface area (Å²) >= 11 is 3.35. The number of nitrogens with one attached hydrogen (secondary N) is 1. The van der Waals surface area contributed by atoms with Gasteiger partial charge in [0.1, 0.15) is 5.75 Å². The van der Waals surface area contributed by atoms with Gasteiger partial charge in [0.25, 0.3) is 5.91 Å². The van der Waals surface area contributed by atoms with Crippen molar-refractivity contribution in [1.82, 2.24) is 0 Å². The molecule has 2 aromatic rings. The smallest absolute Gasteiger partial charge is 0.335 e. The van der Waals surface area contributed by atoms with Crippen molar-refractivity contribution in [3.63, 3.8) is 0 Å². The fraction of sp³-hybridized carbons (Fsp3) is 0.125. The quantitative estimate of drug-likeness (QED) is 0.867. The van der Waals surface area contributed by atoms with Crippen LogP contribution in [0.5, 0.6) is 5.75 Å². The van der Waals surface area contributed by atoms with Crippen LogP contribution in [0.25, 0.3) is 0 Å². The Hall–Kier alpha value is -2.34. The molecule has 1 amide bonds. The van der Waals surface area contributed by atoms with Crippen LogP contribution in [0.15, 0.2) is 40.9 Å². The summed E-state index contributed by atoms with van der Waals surface area (Å²) in [7, 11) is 1.50. The number of carboxylic acids is 1. The molecular formula is C16H14BrNO4. The zero-order valence-corrected chi connectivity index (χ0v) is 13.6. The second kappa shape index (κ2) is 6.62. The van der Waals surface area contributed by atoms with Gasteiger partial charge in [0.2, 0.25) is 0 Å². The van der Waals surface area contributed by atoms with Crippen LogP contribution in [0.3, 0.4) is 0 Å². The van der Waals surface area contributed by atoms with Gasteiger partial charge in [-0.2, -0.15) is 0 Å². The molecule has 2 N–H and O–H groups in total. The van der Waals surface area contributed by atoms with E-state index in [1.54, 1.807) is 18.2 Å². The van der Waals surface area contributed by atoms with Gasteiger partial charge in [-0.25, -0.2) is 4.79 Å². The molecule has 0 unspecified atom stereocenters. The Balaban J connectivity index is 2.34. The minimum atomic E-state index is -1.05. The molecule has 0 radical (unpaired) electrons. The summed E-state index contributed by atoms with van der Waals surface area (Å²) in [6.45, 7) is 1.84.